The molecule has 0 atom stereocenters. The molecule has 0 unspecified atom stereocenters. The number of nitriles is 1. The average molecular weight is 185 g/mol. The SMILES string of the molecule is C=C(C#N)c1ccc(C(C)(C)C)cc1. The highest BCUT2D eigenvalue weighted by Crippen LogP contribution is 2.23. The van der Waals surface area contributed by atoms with E-state index < -0.39 is 0 Å². The first-order chi connectivity index (χ1) is 6.45. The smallest absolute Gasteiger partial charge is 0.0991 e. The summed E-state index contributed by atoms with van der Waals surface area (Å²) in [4.78, 5) is 0. The molecule has 1 nitrogen and oxygen atoms in total. The number of hydrogen-bond donors (Lipinski definition) is 0. The second-order valence-corrected chi connectivity index (χ2v) is 4.42. The molecule has 1 aromatic carbocycles. The van der Waals surface area contributed by atoms with E-state index in [1.807, 2.05) is 18.2 Å². The molecule has 0 radical (unpaired) electrons. The maximum Gasteiger partial charge on any atom is 0.0991 e. The van der Waals surface area contributed by atoms with E-state index in [2.05, 4.69) is 39.5 Å². The highest BCUT2D eigenvalue weighted by Gasteiger charge is 2.12. The summed E-state index contributed by atoms with van der Waals surface area (Å²) in [5.41, 5.74) is 2.85. The number of allylic oxidation sites excluding steroid dienone is 1. The van der Waals surface area contributed by atoms with Crippen LogP contribution in [0.3, 0.4) is 0 Å². The van der Waals surface area contributed by atoms with Crippen LogP contribution in [0.15, 0.2) is 30.8 Å². The summed E-state index contributed by atoms with van der Waals surface area (Å²) in [7, 11) is 0. The summed E-state index contributed by atoms with van der Waals surface area (Å²) in [5, 5.41) is 8.67. The molecule has 0 aliphatic carbocycles. The van der Waals surface area contributed by atoms with E-state index in [0.717, 1.165) is 5.56 Å². The zero-order chi connectivity index (χ0) is 10.8. The molecular weight excluding hydrogens is 170 g/mol. The predicted molar refractivity (Wildman–Crippen MR) is 59.8 cm³/mol. The van der Waals surface area contributed by atoms with E-state index in [1.54, 1.807) is 0 Å². The maximum atomic E-state index is 8.67. The van der Waals surface area contributed by atoms with Crippen molar-refractivity contribution in [2.24, 2.45) is 0 Å². The number of hydrogen-bond acceptors (Lipinski definition) is 1. The Morgan fingerprint density at radius 3 is 2.07 bits per heavy atom. The molecule has 0 saturated heterocycles. The normalized spacial score (nSPS) is 10.7. The Morgan fingerprint density at radius 2 is 1.71 bits per heavy atom. The van der Waals surface area contributed by atoms with Crippen molar-refractivity contribution in [1.82, 2.24) is 0 Å². The van der Waals surface area contributed by atoms with Gasteiger partial charge in [-0.15, -0.1) is 0 Å². The molecule has 1 aromatic rings. The van der Waals surface area contributed by atoms with Gasteiger partial charge in [-0.1, -0.05) is 51.6 Å². The summed E-state index contributed by atoms with van der Waals surface area (Å²) in [6.07, 6.45) is 0. The van der Waals surface area contributed by atoms with E-state index in [4.69, 9.17) is 5.26 Å². The molecule has 0 aromatic heterocycles. The third-order valence-corrected chi connectivity index (χ3v) is 2.23. The van der Waals surface area contributed by atoms with Crippen LogP contribution in [0.5, 0.6) is 0 Å². The summed E-state index contributed by atoms with van der Waals surface area (Å²) >= 11 is 0. The van der Waals surface area contributed by atoms with Crippen molar-refractivity contribution in [3.8, 4) is 6.07 Å². The first-order valence-corrected chi connectivity index (χ1v) is 4.65. The quantitative estimate of drug-likeness (QED) is 0.614. The highest BCUT2D eigenvalue weighted by molar-refractivity contribution is 5.74. The van der Waals surface area contributed by atoms with Crippen molar-refractivity contribution in [2.75, 3.05) is 0 Å². The maximum absolute atomic E-state index is 8.67. The fraction of sp³-hybridized carbons (Fsp3) is 0.308. The van der Waals surface area contributed by atoms with Gasteiger partial charge in [-0.2, -0.15) is 5.26 Å². The van der Waals surface area contributed by atoms with Gasteiger partial charge >= 0.3 is 0 Å². The third-order valence-electron chi connectivity index (χ3n) is 2.23. The molecule has 1 heteroatoms. The lowest BCUT2D eigenvalue weighted by Gasteiger charge is -2.18. The molecule has 0 N–H and O–H groups in total. The van der Waals surface area contributed by atoms with Crippen LogP contribution in [-0.2, 0) is 5.41 Å². The summed E-state index contributed by atoms with van der Waals surface area (Å²) in [6.45, 7) is 10.2. The Balaban J connectivity index is 3.02. The molecular formula is C13H15N. The summed E-state index contributed by atoms with van der Waals surface area (Å²) in [6, 6.07) is 10.1. The van der Waals surface area contributed by atoms with Crippen LogP contribution < -0.4 is 0 Å². The molecule has 0 spiro atoms. The van der Waals surface area contributed by atoms with Crippen molar-refractivity contribution in [3.63, 3.8) is 0 Å². The summed E-state index contributed by atoms with van der Waals surface area (Å²) < 4.78 is 0. The monoisotopic (exact) mass is 185 g/mol. The lowest BCUT2D eigenvalue weighted by Crippen LogP contribution is -2.10. The van der Waals surface area contributed by atoms with E-state index in [1.165, 1.54) is 5.56 Å². The van der Waals surface area contributed by atoms with Gasteiger partial charge < -0.3 is 0 Å². The minimum atomic E-state index is 0.159. The highest BCUT2D eigenvalue weighted by atomic mass is 14.2. The standard InChI is InChI=1S/C13H15N/c1-10(9-14)11-5-7-12(8-6-11)13(2,3)4/h5-8H,1H2,2-4H3. The van der Waals surface area contributed by atoms with Crippen LogP contribution in [0.25, 0.3) is 5.57 Å². The molecule has 0 aliphatic heterocycles. The van der Waals surface area contributed by atoms with E-state index in [9.17, 15) is 0 Å². The second kappa shape index (κ2) is 3.67. The largest absolute Gasteiger partial charge is 0.192 e. The zero-order valence-electron chi connectivity index (χ0n) is 8.96. The van der Waals surface area contributed by atoms with Gasteiger partial charge in [-0.05, 0) is 16.5 Å². The van der Waals surface area contributed by atoms with Crippen molar-refractivity contribution >= 4 is 5.57 Å². The average Bonchev–Trinajstić information content (AvgIpc) is 2.15. The lowest BCUT2D eigenvalue weighted by molar-refractivity contribution is 0.590. The third kappa shape index (κ3) is 2.23. The molecule has 0 bridgehead atoms. The fourth-order valence-corrected chi connectivity index (χ4v) is 1.24. The van der Waals surface area contributed by atoms with Crippen LogP contribution in [0.4, 0.5) is 0 Å². The van der Waals surface area contributed by atoms with Crippen LogP contribution in [0.1, 0.15) is 31.9 Å². The van der Waals surface area contributed by atoms with Gasteiger partial charge in [0.15, 0.2) is 0 Å². The van der Waals surface area contributed by atoms with Gasteiger partial charge in [0, 0.05) is 0 Å². The number of nitrogens with zero attached hydrogens (tertiary/aromatic N) is 1. The minimum absolute atomic E-state index is 0.159. The predicted octanol–water partition coefficient (Wildman–Crippen LogP) is 3.52. The molecule has 0 heterocycles. The van der Waals surface area contributed by atoms with Crippen molar-refractivity contribution < 1.29 is 0 Å². The molecule has 14 heavy (non-hydrogen) atoms. The molecule has 0 saturated carbocycles. The molecule has 1 rings (SSSR count). The van der Waals surface area contributed by atoms with E-state index >= 15 is 0 Å². The van der Waals surface area contributed by atoms with Gasteiger partial charge in [0.2, 0.25) is 0 Å². The zero-order valence-corrected chi connectivity index (χ0v) is 8.96. The molecule has 72 valence electrons. The Hall–Kier alpha value is -1.55. The van der Waals surface area contributed by atoms with Gasteiger partial charge in [0.1, 0.15) is 0 Å². The number of benzene rings is 1. The van der Waals surface area contributed by atoms with Crippen molar-refractivity contribution in [3.05, 3.63) is 42.0 Å². The Bertz CT molecular complexity index is 371. The van der Waals surface area contributed by atoms with Gasteiger partial charge in [-0.3, -0.25) is 0 Å². The van der Waals surface area contributed by atoms with E-state index in [-0.39, 0.29) is 5.41 Å². The van der Waals surface area contributed by atoms with Crippen molar-refractivity contribution in [1.29, 1.82) is 5.26 Å². The Labute approximate surface area is 85.7 Å². The molecule has 0 aliphatic rings. The summed E-state index contributed by atoms with van der Waals surface area (Å²) in [5.74, 6) is 0. The number of rotatable bonds is 1. The topological polar surface area (TPSA) is 23.8 Å². The Kier molecular flexibility index (Phi) is 2.76. The lowest BCUT2D eigenvalue weighted by atomic mass is 9.86. The van der Waals surface area contributed by atoms with Crippen LogP contribution in [0, 0.1) is 11.3 Å². The van der Waals surface area contributed by atoms with Crippen LogP contribution in [0.2, 0.25) is 0 Å². The first kappa shape index (κ1) is 10.5. The Morgan fingerprint density at radius 1 is 1.21 bits per heavy atom. The van der Waals surface area contributed by atoms with Gasteiger partial charge in [-0.25, -0.2) is 0 Å². The fourth-order valence-electron chi connectivity index (χ4n) is 1.24. The van der Waals surface area contributed by atoms with Crippen molar-refractivity contribution in [2.45, 2.75) is 26.2 Å². The molecule has 0 fully saturated rings. The van der Waals surface area contributed by atoms with Crippen LogP contribution in [-0.4, -0.2) is 0 Å². The van der Waals surface area contributed by atoms with Gasteiger partial charge in [0.25, 0.3) is 0 Å². The first-order valence-electron chi connectivity index (χ1n) is 4.65. The molecule has 0 amide bonds. The van der Waals surface area contributed by atoms with Crippen LogP contribution >= 0.6 is 0 Å². The van der Waals surface area contributed by atoms with E-state index in [0.29, 0.717) is 5.57 Å². The van der Waals surface area contributed by atoms with Gasteiger partial charge in [0.05, 0.1) is 11.6 Å². The second-order valence-electron chi connectivity index (χ2n) is 4.42. The minimum Gasteiger partial charge on any atom is -0.192 e.